The highest BCUT2D eigenvalue weighted by Gasteiger charge is 2.11. The molecule has 3 aromatic carbocycles. The van der Waals surface area contributed by atoms with E-state index in [1.54, 1.807) is 4.68 Å². The summed E-state index contributed by atoms with van der Waals surface area (Å²) in [6, 6.07) is 27.1. The van der Waals surface area contributed by atoms with Crippen molar-refractivity contribution >= 4 is 0 Å². The zero-order chi connectivity index (χ0) is 19.9. The summed E-state index contributed by atoms with van der Waals surface area (Å²) in [6.07, 6.45) is -0.550. The Hall–Kier alpha value is -3.26. The van der Waals surface area contributed by atoms with Gasteiger partial charge in [-0.3, -0.25) is 0 Å². The van der Waals surface area contributed by atoms with Crippen molar-refractivity contribution in [2.75, 3.05) is 6.54 Å². The van der Waals surface area contributed by atoms with Crippen LogP contribution in [0.2, 0.25) is 0 Å². The molecule has 1 atom stereocenters. The van der Waals surface area contributed by atoms with Gasteiger partial charge in [0.05, 0.1) is 11.8 Å². The largest absolute Gasteiger partial charge is 1.00 e. The summed E-state index contributed by atoms with van der Waals surface area (Å²) in [5.41, 5.74) is 2.74. The number of aliphatic hydroxyl groups is 1. The fraction of sp³-hybridized carbons (Fsp3) is 0.136. The van der Waals surface area contributed by atoms with Crippen molar-refractivity contribution in [3.63, 3.8) is 0 Å². The molecule has 0 aliphatic rings. The first kappa shape index (κ1) is 21.4. The van der Waals surface area contributed by atoms with Crippen LogP contribution in [0.25, 0.3) is 5.69 Å². The van der Waals surface area contributed by atoms with Gasteiger partial charge in [0.1, 0.15) is 5.75 Å². The van der Waals surface area contributed by atoms with Crippen molar-refractivity contribution in [2.45, 2.75) is 12.6 Å². The van der Waals surface area contributed by atoms with Crippen molar-refractivity contribution in [2.24, 2.45) is 0 Å². The molecule has 0 fully saturated rings. The fourth-order valence-electron chi connectivity index (χ4n) is 2.94. The molecule has 4 aromatic rings. The molecule has 1 aromatic heterocycles. The molecule has 0 spiro atoms. The molecule has 2 N–H and O–H groups in total. The number of benzene rings is 3. The van der Waals surface area contributed by atoms with Crippen LogP contribution in [-0.2, 0) is 6.54 Å². The Balaban J connectivity index is 0.00000256. The van der Waals surface area contributed by atoms with E-state index in [2.05, 4.69) is 20.8 Å². The molecule has 0 saturated carbocycles. The Morgan fingerprint density at radius 1 is 0.933 bits per heavy atom. The SMILES string of the molecule is OC(CNCc1cccc(Oc2nnnn2-c2ccccc2)c1)c1ccccc1.[Cl-]. The lowest BCUT2D eigenvalue weighted by Gasteiger charge is -2.12. The van der Waals surface area contributed by atoms with Crippen LogP contribution in [-0.4, -0.2) is 31.9 Å². The Morgan fingerprint density at radius 3 is 2.43 bits per heavy atom. The van der Waals surface area contributed by atoms with Crippen LogP contribution in [0.5, 0.6) is 11.8 Å². The fourth-order valence-corrected chi connectivity index (χ4v) is 2.94. The second kappa shape index (κ2) is 10.5. The van der Waals surface area contributed by atoms with Gasteiger partial charge in [0, 0.05) is 13.1 Å². The van der Waals surface area contributed by atoms with Crippen molar-refractivity contribution in [1.82, 2.24) is 25.5 Å². The molecule has 8 heteroatoms. The number of halogens is 1. The van der Waals surface area contributed by atoms with Crippen molar-refractivity contribution < 1.29 is 22.3 Å². The first-order chi connectivity index (χ1) is 14.3. The van der Waals surface area contributed by atoms with Gasteiger partial charge in [-0.1, -0.05) is 65.8 Å². The highest BCUT2D eigenvalue weighted by Crippen LogP contribution is 2.22. The molecule has 0 amide bonds. The maximum atomic E-state index is 10.3. The highest BCUT2D eigenvalue weighted by molar-refractivity contribution is 5.34. The molecule has 0 aliphatic heterocycles. The molecule has 0 bridgehead atoms. The molecule has 1 unspecified atom stereocenters. The average Bonchev–Trinajstić information content (AvgIpc) is 3.23. The van der Waals surface area contributed by atoms with Gasteiger partial charge in [-0.15, -0.1) is 0 Å². The number of nitrogens with zero attached hydrogens (tertiary/aromatic N) is 4. The van der Waals surface area contributed by atoms with Gasteiger partial charge < -0.3 is 27.6 Å². The van der Waals surface area contributed by atoms with Crippen molar-refractivity contribution in [1.29, 1.82) is 0 Å². The molecule has 0 saturated heterocycles. The van der Waals surface area contributed by atoms with Crippen molar-refractivity contribution in [3.05, 3.63) is 96.1 Å². The highest BCUT2D eigenvalue weighted by atomic mass is 35.5. The third-order valence-electron chi connectivity index (χ3n) is 4.40. The summed E-state index contributed by atoms with van der Waals surface area (Å²) in [5.74, 6) is 0.639. The van der Waals surface area contributed by atoms with E-state index in [0.717, 1.165) is 16.8 Å². The van der Waals surface area contributed by atoms with E-state index in [1.807, 2.05) is 84.9 Å². The van der Waals surface area contributed by atoms with Crippen LogP contribution >= 0.6 is 0 Å². The van der Waals surface area contributed by atoms with Gasteiger partial charge in [-0.05, 0) is 45.8 Å². The molecule has 30 heavy (non-hydrogen) atoms. The summed E-state index contributed by atoms with van der Waals surface area (Å²) < 4.78 is 7.43. The van der Waals surface area contributed by atoms with E-state index in [0.29, 0.717) is 24.8 Å². The van der Waals surface area contributed by atoms with Crippen molar-refractivity contribution in [3.8, 4) is 17.4 Å². The molecule has 0 aliphatic carbocycles. The van der Waals surface area contributed by atoms with E-state index in [1.165, 1.54) is 0 Å². The number of hydrogen-bond acceptors (Lipinski definition) is 6. The Labute approximate surface area is 180 Å². The predicted octanol–water partition coefficient (Wildman–Crippen LogP) is 0.282. The van der Waals surface area contributed by atoms with Gasteiger partial charge in [0.2, 0.25) is 0 Å². The van der Waals surface area contributed by atoms with Crippen LogP contribution in [0.3, 0.4) is 0 Å². The standard InChI is InChI=1S/C22H21N5O2.ClH/c28-21(18-9-3-1-4-10-18)16-23-15-17-8-7-13-20(14-17)29-22-24-25-26-27(22)19-11-5-2-6-12-19;/h1-14,21,23,28H,15-16H2;1H/p-1. The summed E-state index contributed by atoms with van der Waals surface area (Å²) in [7, 11) is 0. The van der Waals surface area contributed by atoms with E-state index in [-0.39, 0.29) is 12.4 Å². The number of para-hydroxylation sites is 1. The van der Waals surface area contributed by atoms with E-state index in [9.17, 15) is 5.11 Å². The second-order valence-electron chi connectivity index (χ2n) is 6.52. The monoisotopic (exact) mass is 422 g/mol. The first-order valence-corrected chi connectivity index (χ1v) is 9.34. The summed E-state index contributed by atoms with van der Waals surface area (Å²) in [5, 5.41) is 25.2. The molecule has 0 radical (unpaired) electrons. The van der Waals surface area contributed by atoms with Crippen LogP contribution in [0.4, 0.5) is 0 Å². The maximum Gasteiger partial charge on any atom is 0.345 e. The third kappa shape index (κ3) is 5.42. The Morgan fingerprint density at radius 2 is 1.67 bits per heavy atom. The summed E-state index contributed by atoms with van der Waals surface area (Å²) >= 11 is 0. The zero-order valence-corrected chi connectivity index (χ0v) is 16.9. The summed E-state index contributed by atoms with van der Waals surface area (Å²) in [4.78, 5) is 0. The number of rotatable bonds is 8. The molecule has 154 valence electrons. The Kier molecular flexibility index (Phi) is 7.51. The lowest BCUT2D eigenvalue weighted by atomic mass is 10.1. The van der Waals surface area contributed by atoms with E-state index >= 15 is 0 Å². The molecule has 7 nitrogen and oxygen atoms in total. The smallest absolute Gasteiger partial charge is 0.345 e. The first-order valence-electron chi connectivity index (χ1n) is 9.34. The number of aromatic nitrogens is 4. The summed E-state index contributed by atoms with van der Waals surface area (Å²) in [6.45, 7) is 1.06. The quantitative estimate of drug-likeness (QED) is 0.424. The molecule has 4 rings (SSSR count). The van der Waals surface area contributed by atoms with Crippen LogP contribution in [0, 0.1) is 0 Å². The number of ether oxygens (including phenoxy) is 1. The minimum Gasteiger partial charge on any atom is -1.00 e. The normalized spacial score (nSPS) is 11.5. The maximum absolute atomic E-state index is 10.3. The van der Waals surface area contributed by atoms with Crippen LogP contribution in [0.1, 0.15) is 17.2 Å². The van der Waals surface area contributed by atoms with Crippen LogP contribution in [0.15, 0.2) is 84.9 Å². The van der Waals surface area contributed by atoms with Gasteiger partial charge in [-0.2, -0.15) is 4.68 Å². The molecule has 1 heterocycles. The lowest BCUT2D eigenvalue weighted by molar-refractivity contribution is -0.00000830. The van der Waals surface area contributed by atoms with E-state index in [4.69, 9.17) is 4.74 Å². The van der Waals surface area contributed by atoms with Gasteiger partial charge in [0.15, 0.2) is 0 Å². The number of tetrazole rings is 1. The van der Waals surface area contributed by atoms with E-state index < -0.39 is 6.10 Å². The molecular weight excluding hydrogens is 402 g/mol. The number of hydrogen-bond donors (Lipinski definition) is 2. The zero-order valence-electron chi connectivity index (χ0n) is 16.1. The Bertz CT molecular complexity index is 1040. The third-order valence-corrected chi connectivity index (χ3v) is 4.40. The topological polar surface area (TPSA) is 85.1 Å². The average molecular weight is 423 g/mol. The van der Waals surface area contributed by atoms with Crippen LogP contribution < -0.4 is 22.5 Å². The minimum atomic E-state index is -0.550. The van der Waals surface area contributed by atoms with Gasteiger partial charge >= 0.3 is 6.01 Å². The lowest BCUT2D eigenvalue weighted by Crippen LogP contribution is -3.00. The number of aliphatic hydroxyl groups excluding tert-OH is 1. The van der Waals surface area contributed by atoms with Gasteiger partial charge in [-0.25, -0.2) is 0 Å². The number of nitrogens with one attached hydrogen (secondary N) is 1. The minimum absolute atomic E-state index is 0. The second-order valence-corrected chi connectivity index (χ2v) is 6.52. The van der Waals surface area contributed by atoms with Gasteiger partial charge in [0.25, 0.3) is 0 Å². The predicted molar refractivity (Wildman–Crippen MR) is 109 cm³/mol. The molecular formula is C22H21ClN5O2-.